The van der Waals surface area contributed by atoms with Gasteiger partial charge in [-0.1, -0.05) is 0 Å². The van der Waals surface area contributed by atoms with Gasteiger partial charge < -0.3 is 19.2 Å². The molecule has 1 heterocycles. The van der Waals surface area contributed by atoms with Crippen LogP contribution in [0.2, 0.25) is 0 Å². The highest BCUT2D eigenvalue weighted by Crippen LogP contribution is 2.18. The van der Waals surface area contributed by atoms with Crippen LogP contribution < -0.4 is 14.8 Å². The number of ether oxygens (including phenoxy) is 2. The Labute approximate surface area is 136 Å². The number of nitrogens with zero attached hydrogens (tertiary/aromatic N) is 1. The predicted molar refractivity (Wildman–Crippen MR) is 86.6 cm³/mol. The minimum atomic E-state index is -0.181. The summed E-state index contributed by atoms with van der Waals surface area (Å²) in [6.07, 6.45) is 1.63. The molecule has 0 aliphatic carbocycles. The van der Waals surface area contributed by atoms with E-state index in [-0.39, 0.29) is 18.6 Å². The number of rotatable bonds is 8. The van der Waals surface area contributed by atoms with Crippen molar-refractivity contribution in [2.45, 2.75) is 6.04 Å². The predicted octanol–water partition coefficient (Wildman–Crippen LogP) is 2.09. The van der Waals surface area contributed by atoms with Gasteiger partial charge in [0.2, 0.25) is 0 Å². The van der Waals surface area contributed by atoms with Crippen molar-refractivity contribution in [3.05, 3.63) is 48.4 Å². The zero-order valence-corrected chi connectivity index (χ0v) is 13.6. The summed E-state index contributed by atoms with van der Waals surface area (Å²) in [6, 6.07) is 10.8. The second-order valence-electron chi connectivity index (χ2n) is 5.26. The van der Waals surface area contributed by atoms with Crippen molar-refractivity contribution in [2.24, 2.45) is 0 Å². The number of carbonyl (C=O) groups excluding carboxylic acids is 1. The van der Waals surface area contributed by atoms with Gasteiger partial charge in [-0.3, -0.25) is 9.69 Å². The molecule has 0 aliphatic rings. The van der Waals surface area contributed by atoms with Gasteiger partial charge in [-0.15, -0.1) is 0 Å². The monoisotopic (exact) mass is 318 g/mol. The fourth-order valence-electron chi connectivity index (χ4n) is 2.10. The van der Waals surface area contributed by atoms with Gasteiger partial charge in [-0.2, -0.15) is 0 Å². The first-order chi connectivity index (χ1) is 11.1. The standard InChI is InChI=1S/C17H22N2O4/c1-19(2)15(16-5-4-10-22-16)11-18-17(20)12-23-14-8-6-13(21-3)7-9-14/h4-10,15H,11-12H2,1-3H3,(H,18,20)/t15-/m1/s1. The molecule has 6 nitrogen and oxygen atoms in total. The molecule has 1 N–H and O–H groups in total. The van der Waals surface area contributed by atoms with Crippen molar-refractivity contribution in [3.8, 4) is 11.5 Å². The summed E-state index contributed by atoms with van der Waals surface area (Å²) in [5, 5.41) is 2.85. The van der Waals surface area contributed by atoms with E-state index in [0.29, 0.717) is 12.3 Å². The lowest BCUT2D eigenvalue weighted by molar-refractivity contribution is -0.123. The molecular weight excluding hydrogens is 296 g/mol. The fourth-order valence-corrected chi connectivity index (χ4v) is 2.10. The van der Waals surface area contributed by atoms with Gasteiger partial charge in [0.1, 0.15) is 17.3 Å². The molecule has 124 valence electrons. The Hall–Kier alpha value is -2.47. The van der Waals surface area contributed by atoms with E-state index in [1.807, 2.05) is 31.1 Å². The van der Waals surface area contributed by atoms with Gasteiger partial charge >= 0.3 is 0 Å². The fraction of sp³-hybridized carbons (Fsp3) is 0.353. The van der Waals surface area contributed by atoms with Crippen LogP contribution in [-0.2, 0) is 4.79 Å². The van der Waals surface area contributed by atoms with E-state index in [9.17, 15) is 4.79 Å². The molecule has 2 aromatic rings. The van der Waals surface area contributed by atoms with Gasteiger partial charge in [0.05, 0.1) is 19.4 Å². The van der Waals surface area contributed by atoms with Gasteiger partial charge in [0, 0.05) is 6.54 Å². The third-order valence-corrected chi connectivity index (χ3v) is 3.42. The Kier molecular flexibility index (Phi) is 6.05. The van der Waals surface area contributed by atoms with Crippen LogP contribution in [0.1, 0.15) is 11.8 Å². The average molecular weight is 318 g/mol. The van der Waals surface area contributed by atoms with Crippen molar-refractivity contribution in [2.75, 3.05) is 34.4 Å². The van der Waals surface area contributed by atoms with Crippen LogP contribution in [-0.4, -0.2) is 45.2 Å². The molecule has 23 heavy (non-hydrogen) atoms. The van der Waals surface area contributed by atoms with E-state index >= 15 is 0 Å². The zero-order valence-electron chi connectivity index (χ0n) is 13.6. The first kappa shape index (κ1) is 16.9. The lowest BCUT2D eigenvalue weighted by Crippen LogP contribution is -2.36. The molecular formula is C17H22N2O4. The largest absolute Gasteiger partial charge is 0.497 e. The van der Waals surface area contributed by atoms with E-state index in [1.54, 1.807) is 37.6 Å². The highest BCUT2D eigenvalue weighted by Gasteiger charge is 2.17. The first-order valence-corrected chi connectivity index (χ1v) is 7.33. The van der Waals surface area contributed by atoms with Gasteiger partial charge in [0.25, 0.3) is 5.91 Å². The van der Waals surface area contributed by atoms with Crippen molar-refractivity contribution in [1.29, 1.82) is 0 Å². The molecule has 0 saturated heterocycles. The maximum atomic E-state index is 11.9. The van der Waals surface area contributed by atoms with Crippen LogP contribution in [0.4, 0.5) is 0 Å². The molecule has 0 spiro atoms. The van der Waals surface area contributed by atoms with Crippen LogP contribution in [0, 0.1) is 0 Å². The zero-order chi connectivity index (χ0) is 16.7. The van der Waals surface area contributed by atoms with Crippen molar-refractivity contribution in [3.63, 3.8) is 0 Å². The Morgan fingerprint density at radius 2 is 1.91 bits per heavy atom. The van der Waals surface area contributed by atoms with Crippen molar-refractivity contribution < 1.29 is 18.7 Å². The Bertz CT molecular complexity index is 594. The summed E-state index contributed by atoms with van der Waals surface area (Å²) >= 11 is 0. The van der Waals surface area contributed by atoms with E-state index in [0.717, 1.165) is 11.5 Å². The number of amides is 1. The van der Waals surface area contributed by atoms with E-state index < -0.39 is 0 Å². The summed E-state index contributed by atoms with van der Waals surface area (Å²) in [7, 11) is 5.48. The average Bonchev–Trinajstić information content (AvgIpc) is 3.07. The summed E-state index contributed by atoms with van der Waals surface area (Å²) in [6.45, 7) is 0.413. The Morgan fingerprint density at radius 1 is 1.22 bits per heavy atom. The maximum Gasteiger partial charge on any atom is 0.258 e. The van der Waals surface area contributed by atoms with Crippen molar-refractivity contribution in [1.82, 2.24) is 10.2 Å². The van der Waals surface area contributed by atoms with E-state index in [4.69, 9.17) is 13.9 Å². The topological polar surface area (TPSA) is 63.9 Å². The minimum absolute atomic E-state index is 0.0186. The molecule has 0 unspecified atom stereocenters. The highest BCUT2D eigenvalue weighted by atomic mass is 16.5. The molecule has 1 aromatic heterocycles. The number of benzene rings is 1. The first-order valence-electron chi connectivity index (χ1n) is 7.33. The number of likely N-dealkylation sites (N-methyl/N-ethyl adjacent to an activating group) is 1. The SMILES string of the molecule is COc1ccc(OCC(=O)NC[C@H](c2ccco2)N(C)C)cc1. The van der Waals surface area contributed by atoms with Crippen LogP contribution in [0.5, 0.6) is 11.5 Å². The van der Waals surface area contributed by atoms with Crippen molar-refractivity contribution >= 4 is 5.91 Å². The van der Waals surface area contributed by atoms with Gasteiger partial charge in [-0.25, -0.2) is 0 Å². The highest BCUT2D eigenvalue weighted by molar-refractivity contribution is 5.77. The van der Waals surface area contributed by atoms with Gasteiger partial charge in [0.15, 0.2) is 6.61 Å². The lowest BCUT2D eigenvalue weighted by atomic mass is 10.2. The molecule has 0 radical (unpaired) electrons. The minimum Gasteiger partial charge on any atom is -0.497 e. The molecule has 1 aromatic carbocycles. The number of carbonyl (C=O) groups is 1. The van der Waals surface area contributed by atoms with Crippen LogP contribution >= 0.6 is 0 Å². The third-order valence-electron chi connectivity index (χ3n) is 3.42. The van der Waals surface area contributed by atoms with Gasteiger partial charge in [-0.05, 0) is 50.5 Å². The molecule has 0 fully saturated rings. The number of hydrogen-bond acceptors (Lipinski definition) is 5. The smallest absolute Gasteiger partial charge is 0.258 e. The molecule has 0 saturated carbocycles. The molecule has 2 rings (SSSR count). The van der Waals surface area contributed by atoms with Crippen LogP contribution in [0.3, 0.4) is 0 Å². The number of nitrogens with one attached hydrogen (secondary N) is 1. The summed E-state index contributed by atoms with van der Waals surface area (Å²) in [5.41, 5.74) is 0. The van der Waals surface area contributed by atoms with E-state index in [2.05, 4.69) is 5.32 Å². The summed E-state index contributed by atoms with van der Waals surface area (Å²) < 4.78 is 15.9. The maximum absolute atomic E-state index is 11.9. The number of furan rings is 1. The molecule has 0 aliphatic heterocycles. The second kappa shape index (κ2) is 8.24. The number of hydrogen-bond donors (Lipinski definition) is 1. The molecule has 1 amide bonds. The molecule has 1 atom stereocenters. The van der Waals surface area contributed by atoms with Crippen LogP contribution in [0.15, 0.2) is 47.1 Å². The van der Waals surface area contributed by atoms with Crippen LogP contribution in [0.25, 0.3) is 0 Å². The molecule has 0 bridgehead atoms. The Morgan fingerprint density at radius 3 is 2.48 bits per heavy atom. The second-order valence-corrected chi connectivity index (χ2v) is 5.26. The normalized spacial score (nSPS) is 12.0. The summed E-state index contributed by atoms with van der Waals surface area (Å²) in [5.74, 6) is 2.00. The van der Waals surface area contributed by atoms with E-state index in [1.165, 1.54) is 0 Å². The lowest BCUT2D eigenvalue weighted by Gasteiger charge is -2.22. The third kappa shape index (κ3) is 5.03. The molecule has 6 heteroatoms. The summed E-state index contributed by atoms with van der Waals surface area (Å²) in [4.78, 5) is 13.9. The quantitative estimate of drug-likeness (QED) is 0.807. The Balaban J connectivity index is 1.79. The number of methoxy groups -OCH3 is 1.